The molecule has 2 nitrogen and oxygen atoms in total. The van der Waals surface area contributed by atoms with Crippen LogP contribution >= 0.6 is 12.4 Å². The Morgan fingerprint density at radius 2 is 2.00 bits per heavy atom. The van der Waals surface area contributed by atoms with Gasteiger partial charge in [0, 0.05) is 31.4 Å². The first-order valence-electron chi connectivity index (χ1n) is 4.90. The van der Waals surface area contributed by atoms with E-state index in [1.807, 2.05) is 0 Å². The van der Waals surface area contributed by atoms with E-state index in [-0.39, 0.29) is 12.4 Å². The predicted molar refractivity (Wildman–Crippen MR) is 63.4 cm³/mol. The number of para-hydroxylation sites is 1. The van der Waals surface area contributed by atoms with Crippen molar-refractivity contribution < 1.29 is 0 Å². The Hall–Kier alpha value is -0.730. The summed E-state index contributed by atoms with van der Waals surface area (Å²) in [6, 6.07) is 11.2. The summed E-state index contributed by atoms with van der Waals surface area (Å²) in [4.78, 5) is 2.45. The summed E-state index contributed by atoms with van der Waals surface area (Å²) in [7, 11) is 0. The Morgan fingerprint density at radius 3 is 2.64 bits per heavy atom. The molecule has 1 saturated heterocycles. The smallest absolute Gasteiger partial charge is 0.0386 e. The topological polar surface area (TPSA) is 15.3 Å². The van der Waals surface area contributed by atoms with Crippen LogP contribution in [0.3, 0.4) is 0 Å². The van der Waals surface area contributed by atoms with Gasteiger partial charge in [0.2, 0.25) is 0 Å². The van der Waals surface area contributed by atoms with E-state index in [0.717, 1.165) is 19.6 Å². The zero-order valence-corrected chi connectivity index (χ0v) is 9.26. The van der Waals surface area contributed by atoms with E-state index in [9.17, 15) is 0 Å². The van der Waals surface area contributed by atoms with Gasteiger partial charge >= 0.3 is 0 Å². The van der Waals surface area contributed by atoms with Gasteiger partial charge in [0.1, 0.15) is 0 Å². The van der Waals surface area contributed by atoms with Crippen LogP contribution in [0.4, 0.5) is 5.69 Å². The van der Waals surface area contributed by atoms with Crippen LogP contribution in [0.5, 0.6) is 0 Å². The maximum absolute atomic E-state index is 3.39. The number of nitrogens with zero attached hydrogens (tertiary/aromatic N) is 1. The third-order valence-electron chi connectivity index (χ3n) is 2.59. The quantitative estimate of drug-likeness (QED) is 0.765. The molecule has 1 heterocycles. The fourth-order valence-electron chi connectivity index (χ4n) is 1.84. The molecule has 1 aliphatic heterocycles. The van der Waals surface area contributed by atoms with Gasteiger partial charge in [-0.3, -0.25) is 0 Å². The Bertz CT molecular complexity index is 263. The molecule has 1 atom stereocenters. The molecule has 2 rings (SSSR count). The van der Waals surface area contributed by atoms with Crippen LogP contribution in [0, 0.1) is 0 Å². The second kappa shape index (κ2) is 5.23. The second-order valence-electron chi connectivity index (χ2n) is 3.58. The van der Waals surface area contributed by atoms with Crippen molar-refractivity contribution in [1.82, 2.24) is 5.32 Å². The van der Waals surface area contributed by atoms with E-state index in [1.165, 1.54) is 5.69 Å². The number of nitrogens with one attached hydrogen (secondary N) is 1. The molecule has 0 spiro atoms. The third-order valence-corrected chi connectivity index (χ3v) is 2.59. The fourth-order valence-corrected chi connectivity index (χ4v) is 1.84. The highest BCUT2D eigenvalue weighted by molar-refractivity contribution is 5.85. The highest BCUT2D eigenvalue weighted by Gasteiger charge is 2.17. The van der Waals surface area contributed by atoms with Crippen molar-refractivity contribution in [3.63, 3.8) is 0 Å². The van der Waals surface area contributed by atoms with Crippen LogP contribution in [-0.4, -0.2) is 25.7 Å². The van der Waals surface area contributed by atoms with E-state index in [1.54, 1.807) is 0 Å². The van der Waals surface area contributed by atoms with Gasteiger partial charge in [-0.25, -0.2) is 0 Å². The van der Waals surface area contributed by atoms with Crippen molar-refractivity contribution in [1.29, 1.82) is 0 Å². The largest absolute Gasteiger partial charge is 0.366 e. The maximum atomic E-state index is 3.39. The number of hydrogen-bond acceptors (Lipinski definition) is 2. The number of halogens is 1. The minimum Gasteiger partial charge on any atom is -0.366 e. The summed E-state index contributed by atoms with van der Waals surface area (Å²) < 4.78 is 0. The van der Waals surface area contributed by atoms with Crippen molar-refractivity contribution in [2.24, 2.45) is 0 Å². The molecule has 14 heavy (non-hydrogen) atoms. The average Bonchev–Trinajstić information content (AvgIpc) is 2.20. The summed E-state index contributed by atoms with van der Waals surface area (Å²) in [5.41, 5.74) is 1.34. The third kappa shape index (κ3) is 2.40. The molecule has 1 N–H and O–H groups in total. The lowest BCUT2D eigenvalue weighted by Gasteiger charge is -2.35. The van der Waals surface area contributed by atoms with Gasteiger partial charge in [0.05, 0.1) is 0 Å². The second-order valence-corrected chi connectivity index (χ2v) is 3.58. The fraction of sp³-hybridized carbons (Fsp3) is 0.455. The van der Waals surface area contributed by atoms with E-state index in [4.69, 9.17) is 0 Å². The summed E-state index contributed by atoms with van der Waals surface area (Å²) in [5.74, 6) is 0. The first-order chi connectivity index (χ1) is 6.38. The first kappa shape index (κ1) is 11.3. The average molecular weight is 213 g/mol. The Labute approximate surface area is 91.7 Å². The number of piperazine rings is 1. The molecule has 1 aromatic carbocycles. The molecule has 0 amide bonds. The highest BCUT2D eigenvalue weighted by atomic mass is 35.5. The first-order valence-corrected chi connectivity index (χ1v) is 4.90. The van der Waals surface area contributed by atoms with Gasteiger partial charge in [-0.1, -0.05) is 18.2 Å². The van der Waals surface area contributed by atoms with Gasteiger partial charge in [-0.05, 0) is 19.1 Å². The van der Waals surface area contributed by atoms with Gasteiger partial charge in [-0.15, -0.1) is 12.4 Å². The Morgan fingerprint density at radius 1 is 1.29 bits per heavy atom. The number of rotatable bonds is 1. The maximum Gasteiger partial charge on any atom is 0.0386 e. The van der Waals surface area contributed by atoms with Crippen molar-refractivity contribution >= 4 is 18.1 Å². The van der Waals surface area contributed by atoms with Crippen LogP contribution in [0.2, 0.25) is 0 Å². The molecule has 1 aliphatic rings. The molecule has 3 heteroatoms. The number of benzene rings is 1. The molecule has 78 valence electrons. The van der Waals surface area contributed by atoms with Crippen molar-refractivity contribution in [3.05, 3.63) is 30.3 Å². The van der Waals surface area contributed by atoms with Crippen LogP contribution in [0.1, 0.15) is 6.92 Å². The minimum atomic E-state index is 0. The molecule has 0 bridgehead atoms. The van der Waals surface area contributed by atoms with Gasteiger partial charge in [-0.2, -0.15) is 0 Å². The lowest BCUT2D eigenvalue weighted by atomic mass is 10.2. The minimum absolute atomic E-state index is 0. The van der Waals surface area contributed by atoms with Gasteiger partial charge in [0.15, 0.2) is 0 Å². The van der Waals surface area contributed by atoms with E-state index in [0.29, 0.717) is 6.04 Å². The highest BCUT2D eigenvalue weighted by Crippen LogP contribution is 2.16. The number of anilines is 1. The zero-order chi connectivity index (χ0) is 9.10. The van der Waals surface area contributed by atoms with Crippen LogP contribution in [0.25, 0.3) is 0 Å². The molecule has 0 unspecified atom stereocenters. The van der Waals surface area contributed by atoms with E-state index in [2.05, 4.69) is 47.5 Å². The van der Waals surface area contributed by atoms with E-state index < -0.39 is 0 Å². The molecule has 0 radical (unpaired) electrons. The molecule has 0 saturated carbocycles. The molecular weight excluding hydrogens is 196 g/mol. The molecular formula is C11H17ClN2. The van der Waals surface area contributed by atoms with Crippen molar-refractivity contribution in [3.8, 4) is 0 Å². The normalized spacial score (nSPS) is 21.5. The molecule has 0 aliphatic carbocycles. The molecule has 1 aromatic rings. The van der Waals surface area contributed by atoms with Crippen LogP contribution < -0.4 is 10.2 Å². The Kier molecular flexibility index (Phi) is 4.23. The van der Waals surface area contributed by atoms with Crippen LogP contribution in [0.15, 0.2) is 30.3 Å². The molecule has 1 fully saturated rings. The summed E-state index contributed by atoms with van der Waals surface area (Å²) in [5, 5.41) is 3.39. The lowest BCUT2D eigenvalue weighted by Crippen LogP contribution is -2.49. The van der Waals surface area contributed by atoms with Crippen molar-refractivity contribution in [2.45, 2.75) is 13.0 Å². The number of hydrogen-bond donors (Lipinski definition) is 1. The monoisotopic (exact) mass is 212 g/mol. The lowest BCUT2D eigenvalue weighted by molar-refractivity contribution is 0.501. The summed E-state index contributed by atoms with van der Waals surface area (Å²) in [6.07, 6.45) is 0. The summed E-state index contributed by atoms with van der Waals surface area (Å²) >= 11 is 0. The van der Waals surface area contributed by atoms with Gasteiger partial charge < -0.3 is 10.2 Å². The van der Waals surface area contributed by atoms with E-state index >= 15 is 0 Å². The Balaban J connectivity index is 0.000000980. The zero-order valence-electron chi connectivity index (χ0n) is 8.44. The summed E-state index contributed by atoms with van der Waals surface area (Å²) in [6.45, 7) is 5.57. The molecule has 0 aromatic heterocycles. The van der Waals surface area contributed by atoms with Gasteiger partial charge in [0.25, 0.3) is 0 Å². The van der Waals surface area contributed by atoms with Crippen molar-refractivity contribution in [2.75, 3.05) is 24.5 Å². The predicted octanol–water partition coefficient (Wildman–Crippen LogP) is 1.91. The standard InChI is InChI=1S/C11H16N2.ClH/c1-10-9-12-7-8-13(10)11-5-3-2-4-6-11;/h2-6,10,12H,7-9H2,1H3;1H/t10-;/m1./s1. The SMILES string of the molecule is C[C@@H]1CNCCN1c1ccccc1.Cl. The van der Waals surface area contributed by atoms with Crippen LogP contribution in [-0.2, 0) is 0 Å².